The van der Waals surface area contributed by atoms with Crippen LogP contribution < -0.4 is 4.72 Å². The van der Waals surface area contributed by atoms with Crippen molar-refractivity contribution in [2.24, 2.45) is 0 Å². The minimum absolute atomic E-state index is 0.237. The number of sulfonamides is 1. The molecule has 1 saturated heterocycles. The van der Waals surface area contributed by atoms with Crippen LogP contribution in [0.5, 0.6) is 0 Å². The summed E-state index contributed by atoms with van der Waals surface area (Å²) in [4.78, 5) is 3.14. The minimum atomic E-state index is -3.50. The van der Waals surface area contributed by atoms with Crippen LogP contribution in [0, 0.1) is 0 Å². The zero-order valence-electron chi connectivity index (χ0n) is 17.2. The number of rotatable bonds is 6. The lowest BCUT2D eigenvalue weighted by atomic mass is 10.1. The number of fused-ring (bicyclic) bond motifs is 1. The summed E-state index contributed by atoms with van der Waals surface area (Å²) in [5.41, 5.74) is 5.62. The first kappa shape index (κ1) is 19.8. The molecular weight excluding hydrogens is 412 g/mol. The maximum atomic E-state index is 12.7. The van der Waals surface area contributed by atoms with E-state index in [-0.39, 0.29) is 6.61 Å². The Labute approximate surface area is 181 Å². The van der Waals surface area contributed by atoms with Crippen LogP contribution in [0.1, 0.15) is 18.9 Å². The predicted octanol–water partition coefficient (Wildman–Crippen LogP) is 4.11. The molecule has 2 aromatic heterocycles. The summed E-state index contributed by atoms with van der Waals surface area (Å²) in [6.07, 6.45) is 7.01. The topological polar surface area (TPSA) is 89.0 Å². The molecule has 5 rings (SSSR count). The number of benzene rings is 2. The number of hydrogen-bond donors (Lipinski definition) is 2. The molecule has 31 heavy (non-hydrogen) atoms. The van der Waals surface area contributed by atoms with E-state index in [1.54, 1.807) is 6.20 Å². The lowest BCUT2D eigenvalue weighted by Gasteiger charge is -2.11. The van der Waals surface area contributed by atoms with Crippen molar-refractivity contribution in [3.8, 4) is 16.8 Å². The van der Waals surface area contributed by atoms with Crippen LogP contribution in [0.15, 0.2) is 61.1 Å². The number of ether oxygens (including phenoxy) is 1. The fourth-order valence-corrected chi connectivity index (χ4v) is 5.20. The smallest absolute Gasteiger partial charge is 0.238 e. The maximum Gasteiger partial charge on any atom is 0.238 e. The van der Waals surface area contributed by atoms with Crippen LogP contribution in [0.2, 0.25) is 0 Å². The molecule has 4 aromatic rings. The number of aromatic nitrogens is 3. The van der Waals surface area contributed by atoms with Gasteiger partial charge in [-0.25, -0.2) is 13.1 Å². The number of aromatic amines is 1. The van der Waals surface area contributed by atoms with E-state index >= 15 is 0 Å². The second-order valence-corrected chi connectivity index (χ2v) is 9.75. The SMILES string of the molecule is CCc1ccc(-n2cc(-c3ccc4[nH]cc(NS(=O)(=O)C5CCOC5)c4c3)cn2)cc1. The number of H-pyrrole nitrogens is 1. The first-order valence-electron chi connectivity index (χ1n) is 10.4. The number of aryl methyl sites for hydroxylation is 1. The summed E-state index contributed by atoms with van der Waals surface area (Å²) < 4.78 is 35.2. The van der Waals surface area contributed by atoms with Gasteiger partial charge in [-0.3, -0.25) is 4.72 Å². The van der Waals surface area contributed by atoms with Crippen LogP contribution in [0.4, 0.5) is 5.69 Å². The highest BCUT2D eigenvalue weighted by atomic mass is 32.2. The number of hydrogen-bond acceptors (Lipinski definition) is 4. The Morgan fingerprint density at radius 1 is 1.19 bits per heavy atom. The van der Waals surface area contributed by atoms with Gasteiger partial charge in [-0.1, -0.05) is 25.1 Å². The van der Waals surface area contributed by atoms with Gasteiger partial charge in [-0.2, -0.15) is 5.10 Å². The van der Waals surface area contributed by atoms with E-state index in [4.69, 9.17) is 4.74 Å². The molecule has 2 N–H and O–H groups in total. The third-order valence-corrected chi connectivity index (χ3v) is 7.54. The summed E-state index contributed by atoms with van der Waals surface area (Å²) in [5, 5.41) is 4.81. The van der Waals surface area contributed by atoms with Crippen LogP contribution >= 0.6 is 0 Å². The Hall–Kier alpha value is -3.10. The average Bonchev–Trinajstić information content (AvgIpc) is 3.55. The first-order valence-corrected chi connectivity index (χ1v) is 11.9. The fourth-order valence-electron chi connectivity index (χ4n) is 3.88. The van der Waals surface area contributed by atoms with Crippen molar-refractivity contribution in [2.75, 3.05) is 17.9 Å². The lowest BCUT2D eigenvalue weighted by Crippen LogP contribution is -2.27. The van der Waals surface area contributed by atoms with Gasteiger partial charge < -0.3 is 9.72 Å². The molecule has 160 valence electrons. The Balaban J connectivity index is 1.45. The minimum Gasteiger partial charge on any atom is -0.380 e. The van der Waals surface area contributed by atoms with Crippen molar-refractivity contribution >= 4 is 26.6 Å². The number of nitrogens with zero attached hydrogens (tertiary/aromatic N) is 2. The highest BCUT2D eigenvalue weighted by Gasteiger charge is 2.30. The standard InChI is InChI=1S/C23H24N4O3S/c1-2-16-3-6-19(7-4-16)27-14-18(12-25-27)17-5-8-22-21(11-17)23(13-24-22)26-31(28,29)20-9-10-30-15-20/h3-8,11-14,20,24,26H,2,9-10,15H2,1H3. The Kier molecular flexibility index (Phi) is 5.03. The molecular formula is C23H24N4O3S. The highest BCUT2D eigenvalue weighted by Crippen LogP contribution is 2.31. The van der Waals surface area contributed by atoms with Crippen LogP contribution in [-0.4, -0.2) is 41.6 Å². The fraction of sp³-hybridized carbons (Fsp3) is 0.261. The molecule has 0 amide bonds. The van der Waals surface area contributed by atoms with Gasteiger partial charge in [0.05, 0.1) is 24.2 Å². The van der Waals surface area contributed by atoms with Crippen LogP contribution in [0.3, 0.4) is 0 Å². The van der Waals surface area contributed by atoms with Crippen LogP contribution in [0.25, 0.3) is 27.7 Å². The van der Waals surface area contributed by atoms with Gasteiger partial charge in [0.15, 0.2) is 0 Å². The lowest BCUT2D eigenvalue weighted by molar-refractivity contribution is 0.198. The van der Waals surface area contributed by atoms with Gasteiger partial charge in [0.2, 0.25) is 10.0 Å². The average molecular weight is 437 g/mol. The van der Waals surface area contributed by atoms with Gasteiger partial charge in [-0.05, 0) is 48.2 Å². The summed E-state index contributed by atoms with van der Waals surface area (Å²) in [5.74, 6) is 0. The van der Waals surface area contributed by atoms with Crippen molar-refractivity contribution in [3.05, 3.63) is 66.6 Å². The molecule has 1 aliphatic rings. The van der Waals surface area contributed by atoms with Gasteiger partial charge in [0.25, 0.3) is 0 Å². The molecule has 1 aliphatic heterocycles. The second-order valence-electron chi connectivity index (χ2n) is 7.79. The van der Waals surface area contributed by atoms with Crippen LogP contribution in [-0.2, 0) is 21.2 Å². The van der Waals surface area contributed by atoms with E-state index in [2.05, 4.69) is 46.0 Å². The third kappa shape index (κ3) is 3.84. The Morgan fingerprint density at radius 2 is 2.03 bits per heavy atom. The molecule has 0 bridgehead atoms. The highest BCUT2D eigenvalue weighted by molar-refractivity contribution is 7.93. The molecule has 8 heteroatoms. The molecule has 3 heterocycles. The summed E-state index contributed by atoms with van der Waals surface area (Å²) >= 11 is 0. The van der Waals surface area contributed by atoms with Gasteiger partial charge in [0.1, 0.15) is 5.25 Å². The molecule has 0 spiro atoms. The molecule has 1 atom stereocenters. The Bertz CT molecular complexity index is 1320. The van der Waals surface area contributed by atoms with Crippen molar-refractivity contribution in [2.45, 2.75) is 25.0 Å². The molecule has 0 aliphatic carbocycles. The molecule has 0 radical (unpaired) electrons. The van der Waals surface area contributed by atoms with E-state index < -0.39 is 15.3 Å². The van der Waals surface area contributed by atoms with E-state index in [1.165, 1.54) is 5.56 Å². The van der Waals surface area contributed by atoms with E-state index in [9.17, 15) is 8.42 Å². The third-order valence-electron chi connectivity index (χ3n) is 5.79. The monoisotopic (exact) mass is 436 g/mol. The number of anilines is 1. The van der Waals surface area contributed by atoms with Crippen molar-refractivity contribution in [1.29, 1.82) is 0 Å². The molecule has 1 unspecified atom stereocenters. The van der Waals surface area contributed by atoms with Crippen molar-refractivity contribution in [3.63, 3.8) is 0 Å². The number of nitrogens with one attached hydrogen (secondary N) is 2. The quantitative estimate of drug-likeness (QED) is 0.476. The predicted molar refractivity (Wildman–Crippen MR) is 122 cm³/mol. The summed E-state index contributed by atoms with van der Waals surface area (Å²) in [6.45, 7) is 2.85. The molecule has 7 nitrogen and oxygen atoms in total. The second kappa shape index (κ2) is 7.86. The zero-order chi connectivity index (χ0) is 21.4. The largest absolute Gasteiger partial charge is 0.380 e. The van der Waals surface area contributed by atoms with Gasteiger partial charge in [0, 0.05) is 35.5 Å². The van der Waals surface area contributed by atoms with Crippen molar-refractivity contribution < 1.29 is 13.2 Å². The molecule has 2 aromatic carbocycles. The van der Waals surface area contributed by atoms with E-state index in [0.29, 0.717) is 18.7 Å². The molecule has 1 fully saturated rings. The Morgan fingerprint density at radius 3 is 2.77 bits per heavy atom. The maximum absolute atomic E-state index is 12.7. The van der Waals surface area contributed by atoms with Gasteiger partial charge in [-0.15, -0.1) is 0 Å². The summed E-state index contributed by atoms with van der Waals surface area (Å²) in [6, 6.07) is 14.3. The zero-order valence-corrected chi connectivity index (χ0v) is 18.0. The van der Waals surface area contributed by atoms with E-state index in [1.807, 2.05) is 35.3 Å². The molecule has 0 saturated carbocycles. The first-order chi connectivity index (χ1) is 15.0. The normalized spacial score (nSPS) is 16.7. The van der Waals surface area contributed by atoms with E-state index in [0.717, 1.165) is 34.1 Å². The van der Waals surface area contributed by atoms with Crippen molar-refractivity contribution in [1.82, 2.24) is 14.8 Å². The van der Waals surface area contributed by atoms with Gasteiger partial charge >= 0.3 is 0 Å². The summed E-state index contributed by atoms with van der Waals surface area (Å²) in [7, 11) is -3.50.